The van der Waals surface area contributed by atoms with Crippen molar-refractivity contribution in [2.75, 3.05) is 0 Å². The fourth-order valence-electron chi connectivity index (χ4n) is 18.9. The Balaban J connectivity index is 0.755. The SMILES string of the molecule is CC(C)(C)c1ccc2c(c1)c1ccc3c4cc(C(C)(C)Cc5ccc([Si](c6ccccc6)(c6ccccc6)c6ccc7c(c6)c6ccc8c9cc([Si](c%10ccccc%10)(c%10ccccc%10)c%10ccccc%10)ccc9n(-c9ccccc9)c8c6n7-c6ccccc6)cc5)ccc4n(-c4ccccc4)c3c1n2-c1ccccc1. The zero-order valence-corrected chi connectivity index (χ0v) is 64.5. The molecule has 0 unspecified atom stereocenters. The van der Waals surface area contributed by atoms with Crippen LogP contribution in [0.2, 0.25) is 0 Å². The summed E-state index contributed by atoms with van der Waals surface area (Å²) in [5, 5.41) is 20.7. The molecule has 0 saturated heterocycles. The Morgan fingerprint density at radius 1 is 0.209 bits per heavy atom. The summed E-state index contributed by atoms with van der Waals surface area (Å²) in [7, 11) is -6.05. The second-order valence-corrected chi connectivity index (χ2v) is 39.3. The van der Waals surface area contributed by atoms with Crippen LogP contribution >= 0.6 is 0 Å². The highest BCUT2D eigenvalue weighted by Crippen LogP contribution is 2.46. The third-order valence-electron chi connectivity index (χ3n) is 23.9. The van der Waals surface area contributed by atoms with Crippen molar-refractivity contribution in [1.82, 2.24) is 18.3 Å². The van der Waals surface area contributed by atoms with E-state index in [9.17, 15) is 0 Å². The van der Waals surface area contributed by atoms with E-state index in [2.05, 4.69) is 447 Å². The standard InChI is InChI=1S/C104H82N4Si2/c1-103(2,3)73-53-63-95-91(67-73)87-59-60-88-92-68-74(54-64-96(92)106(76-35-17-7-18-36-76)100(88)99(87)105(95)75-33-15-6-16-34-75)104(4,5)71-72-51-55-84(56-52-72)110(82-47-29-13-30-48-82,83-49-31-14-32-50-83)86-58-66-98-94(70-86)90-62-61-89-93-69-85(109(79-41-23-10-24-42-79,80-43-25-11-26-44-80)81-45-27-12-28-46-81)57-65-97(93)107(77-37-19-8-20-38-77)101(89)102(90)108(98)78-39-21-9-22-40-78/h6-70H,71H2,1-5H3. The third-order valence-corrected chi connectivity index (χ3v) is 33.5. The van der Waals surface area contributed by atoms with Crippen molar-refractivity contribution in [2.24, 2.45) is 0 Å². The zero-order valence-electron chi connectivity index (χ0n) is 62.5. The molecule has 0 fully saturated rings. The number of hydrogen-bond donors (Lipinski definition) is 0. The summed E-state index contributed by atoms with van der Waals surface area (Å²) >= 11 is 0. The summed E-state index contributed by atoms with van der Waals surface area (Å²) in [6.07, 6.45) is 0.848. The van der Waals surface area contributed by atoms with Gasteiger partial charge in [0.1, 0.15) is 0 Å². The topological polar surface area (TPSA) is 19.7 Å². The van der Waals surface area contributed by atoms with Crippen LogP contribution in [0.5, 0.6) is 0 Å². The van der Waals surface area contributed by atoms with E-state index in [1.165, 1.54) is 145 Å². The zero-order chi connectivity index (χ0) is 73.9. The van der Waals surface area contributed by atoms with Crippen molar-refractivity contribution in [2.45, 2.75) is 51.9 Å². The summed E-state index contributed by atoms with van der Waals surface area (Å²) in [5.41, 5.74) is 17.8. The third kappa shape index (κ3) is 10.4. The van der Waals surface area contributed by atoms with Gasteiger partial charge in [-0.25, -0.2) is 0 Å². The van der Waals surface area contributed by atoms with Crippen LogP contribution in [-0.4, -0.2) is 34.4 Å². The number of hydrogen-bond acceptors (Lipinski definition) is 0. The monoisotopic (exact) mass is 1440 g/mol. The maximum Gasteiger partial charge on any atom is 0.179 e. The maximum absolute atomic E-state index is 3.14. The fourth-order valence-corrected chi connectivity index (χ4v) is 28.4. The van der Waals surface area contributed by atoms with E-state index in [1.54, 1.807) is 0 Å². The molecule has 0 aliphatic heterocycles. The first kappa shape index (κ1) is 66.6. The molecule has 4 nitrogen and oxygen atoms in total. The summed E-state index contributed by atoms with van der Waals surface area (Å²) in [6, 6.07) is 150. The van der Waals surface area contributed by atoms with Crippen molar-refractivity contribution in [1.29, 1.82) is 0 Å². The molecular formula is C104H82N4Si2. The lowest BCUT2D eigenvalue weighted by atomic mass is 9.79. The molecule has 0 atom stereocenters. The van der Waals surface area contributed by atoms with Gasteiger partial charge >= 0.3 is 0 Å². The molecule has 0 aliphatic rings. The lowest BCUT2D eigenvalue weighted by Gasteiger charge is -2.35. The average molecular weight is 1440 g/mol. The first-order valence-electron chi connectivity index (χ1n) is 38.7. The van der Waals surface area contributed by atoms with Gasteiger partial charge in [-0.15, -0.1) is 0 Å². The van der Waals surface area contributed by atoms with E-state index < -0.39 is 16.1 Å². The first-order valence-corrected chi connectivity index (χ1v) is 42.7. The normalized spacial score (nSPS) is 12.4. The molecule has 20 aromatic rings. The number of nitrogens with zero attached hydrogens (tertiary/aromatic N) is 4. The molecule has 4 heterocycles. The van der Waals surface area contributed by atoms with Gasteiger partial charge in [0.05, 0.1) is 44.1 Å². The highest BCUT2D eigenvalue weighted by Gasteiger charge is 2.44. The van der Waals surface area contributed by atoms with Crippen molar-refractivity contribution >= 4 is 145 Å². The largest absolute Gasteiger partial charge is 0.307 e. The van der Waals surface area contributed by atoms with Crippen LogP contribution in [0.1, 0.15) is 51.3 Å². The van der Waals surface area contributed by atoms with Crippen molar-refractivity contribution in [3.63, 3.8) is 0 Å². The van der Waals surface area contributed by atoms with Crippen molar-refractivity contribution in [3.05, 3.63) is 411 Å². The molecule has 0 radical (unpaired) electrons. The Morgan fingerprint density at radius 2 is 0.445 bits per heavy atom. The number of para-hydroxylation sites is 4. The molecule has 0 amide bonds. The Kier molecular flexibility index (Phi) is 15.9. The van der Waals surface area contributed by atoms with Crippen LogP contribution < -0.4 is 41.5 Å². The summed E-state index contributed by atoms with van der Waals surface area (Å²) in [6.45, 7) is 11.8. The molecule has 526 valence electrons. The fraction of sp³-hybridized carbons (Fsp3) is 0.0769. The Bertz CT molecular complexity index is 6730. The molecule has 0 saturated carbocycles. The molecule has 110 heavy (non-hydrogen) atoms. The maximum atomic E-state index is 2.60. The molecule has 4 aromatic heterocycles. The van der Waals surface area contributed by atoms with E-state index in [0.29, 0.717) is 0 Å². The van der Waals surface area contributed by atoms with Gasteiger partial charge in [-0.2, -0.15) is 0 Å². The van der Waals surface area contributed by atoms with E-state index in [0.717, 1.165) is 29.2 Å². The number of rotatable bonds is 15. The predicted molar refractivity (Wildman–Crippen MR) is 473 cm³/mol. The lowest BCUT2D eigenvalue weighted by Crippen LogP contribution is -2.74. The number of aromatic nitrogens is 4. The molecule has 0 aliphatic carbocycles. The van der Waals surface area contributed by atoms with Crippen LogP contribution in [0.25, 0.3) is 110 Å². The first-order chi connectivity index (χ1) is 54.0. The summed E-state index contributed by atoms with van der Waals surface area (Å²) in [5.74, 6) is 0. The molecular weight excluding hydrogens is 1360 g/mol. The quantitative estimate of drug-likeness (QED) is 0.0720. The Morgan fingerprint density at radius 3 is 0.736 bits per heavy atom. The van der Waals surface area contributed by atoms with E-state index >= 15 is 0 Å². The second kappa shape index (κ2) is 26.2. The van der Waals surface area contributed by atoms with E-state index in [4.69, 9.17) is 0 Å². The molecule has 0 bridgehead atoms. The van der Waals surface area contributed by atoms with E-state index in [-0.39, 0.29) is 10.8 Å². The van der Waals surface area contributed by atoms with Gasteiger partial charge in [-0.3, -0.25) is 0 Å². The minimum Gasteiger partial charge on any atom is -0.307 e. The predicted octanol–water partition coefficient (Wildman–Crippen LogP) is 20.6. The number of fused-ring (bicyclic) bond motifs is 14. The van der Waals surface area contributed by atoms with Gasteiger partial charge < -0.3 is 18.3 Å². The molecule has 20 rings (SSSR count). The average Bonchev–Trinajstić information content (AvgIpc) is 0.933. The van der Waals surface area contributed by atoms with Gasteiger partial charge in [-0.1, -0.05) is 344 Å². The van der Waals surface area contributed by atoms with Gasteiger partial charge in [0.2, 0.25) is 0 Å². The van der Waals surface area contributed by atoms with Gasteiger partial charge in [0.25, 0.3) is 0 Å². The Hall–Kier alpha value is -12.8. The molecule has 0 N–H and O–H groups in total. The highest BCUT2D eigenvalue weighted by molar-refractivity contribution is 7.20. The van der Waals surface area contributed by atoms with Crippen LogP contribution in [-0.2, 0) is 17.3 Å². The lowest BCUT2D eigenvalue weighted by molar-refractivity contribution is 0.523. The Labute approximate surface area is 644 Å². The molecule has 16 aromatic carbocycles. The number of benzene rings is 16. The van der Waals surface area contributed by atoms with Crippen molar-refractivity contribution in [3.8, 4) is 22.7 Å². The van der Waals surface area contributed by atoms with Gasteiger partial charge in [0, 0.05) is 65.8 Å². The minimum absolute atomic E-state index is 0.00523. The smallest absolute Gasteiger partial charge is 0.179 e. The van der Waals surface area contributed by atoms with Gasteiger partial charge in [-0.05, 0) is 160 Å². The minimum atomic E-state index is -3.14. The highest BCUT2D eigenvalue weighted by atomic mass is 28.3. The van der Waals surface area contributed by atoms with Crippen LogP contribution in [0.4, 0.5) is 0 Å². The summed E-state index contributed by atoms with van der Waals surface area (Å²) < 4.78 is 10.1. The van der Waals surface area contributed by atoms with Crippen LogP contribution in [0.15, 0.2) is 394 Å². The van der Waals surface area contributed by atoms with Crippen molar-refractivity contribution < 1.29 is 0 Å². The summed E-state index contributed by atoms with van der Waals surface area (Å²) in [4.78, 5) is 0. The molecule has 6 heteroatoms. The molecule has 0 spiro atoms. The van der Waals surface area contributed by atoms with Gasteiger partial charge in [0.15, 0.2) is 16.1 Å². The van der Waals surface area contributed by atoms with Crippen LogP contribution in [0.3, 0.4) is 0 Å². The second-order valence-electron chi connectivity index (χ2n) is 31.7. The van der Waals surface area contributed by atoms with E-state index in [1.807, 2.05) is 0 Å². The van der Waals surface area contributed by atoms with Crippen LogP contribution in [0, 0.1) is 0 Å².